The average molecular weight is 367 g/mol. The molecule has 1 amide bonds. The summed E-state index contributed by atoms with van der Waals surface area (Å²) in [6, 6.07) is 6.81. The predicted molar refractivity (Wildman–Crippen MR) is 83.9 cm³/mol. The smallest absolute Gasteiger partial charge is 0.273 e. The monoisotopic (exact) mass is 366 g/mol. The Morgan fingerprint density at radius 1 is 1.27 bits per heavy atom. The van der Waals surface area contributed by atoms with Gasteiger partial charge >= 0.3 is 0 Å². The van der Waals surface area contributed by atoms with Gasteiger partial charge in [-0.25, -0.2) is 4.39 Å². The van der Waals surface area contributed by atoms with E-state index in [0.29, 0.717) is 35.4 Å². The summed E-state index contributed by atoms with van der Waals surface area (Å²) in [7, 11) is 0. The molecular formula is C15H16BrFN4O. The Morgan fingerprint density at radius 2 is 2.00 bits per heavy atom. The molecule has 3 rings (SSSR count). The molecule has 0 aliphatic carbocycles. The number of carbonyl (C=O) groups is 1. The van der Waals surface area contributed by atoms with Crippen molar-refractivity contribution in [2.24, 2.45) is 0 Å². The van der Waals surface area contributed by atoms with Gasteiger partial charge in [0.2, 0.25) is 0 Å². The van der Waals surface area contributed by atoms with Crippen LogP contribution in [0.4, 0.5) is 4.39 Å². The van der Waals surface area contributed by atoms with E-state index in [1.54, 1.807) is 23.2 Å². The van der Waals surface area contributed by atoms with Gasteiger partial charge in [0, 0.05) is 38.3 Å². The zero-order valence-electron chi connectivity index (χ0n) is 11.9. The van der Waals surface area contributed by atoms with Gasteiger partial charge in [-0.1, -0.05) is 18.2 Å². The largest absolute Gasteiger partial charge is 0.335 e. The van der Waals surface area contributed by atoms with E-state index in [9.17, 15) is 9.18 Å². The number of hydrogen-bond donors (Lipinski definition) is 1. The summed E-state index contributed by atoms with van der Waals surface area (Å²) in [6.45, 7) is 3.28. The zero-order chi connectivity index (χ0) is 15.5. The summed E-state index contributed by atoms with van der Waals surface area (Å²) in [5.41, 5.74) is 1.17. The molecule has 22 heavy (non-hydrogen) atoms. The van der Waals surface area contributed by atoms with Gasteiger partial charge in [-0.2, -0.15) is 5.10 Å². The Balaban J connectivity index is 1.58. The second-order valence-corrected chi connectivity index (χ2v) is 6.11. The molecule has 1 aliphatic heterocycles. The van der Waals surface area contributed by atoms with Crippen LogP contribution in [0.5, 0.6) is 0 Å². The normalized spacial score (nSPS) is 16.0. The minimum atomic E-state index is -0.178. The minimum absolute atomic E-state index is 0.0603. The molecule has 0 spiro atoms. The number of aromatic nitrogens is 2. The van der Waals surface area contributed by atoms with Crippen LogP contribution >= 0.6 is 15.9 Å². The van der Waals surface area contributed by atoms with Gasteiger partial charge in [0.25, 0.3) is 5.91 Å². The molecule has 116 valence electrons. The molecule has 5 nitrogen and oxygen atoms in total. The van der Waals surface area contributed by atoms with E-state index >= 15 is 0 Å². The summed E-state index contributed by atoms with van der Waals surface area (Å²) in [6.07, 6.45) is 1.57. The molecule has 1 aromatic carbocycles. The number of amides is 1. The topological polar surface area (TPSA) is 52.2 Å². The van der Waals surface area contributed by atoms with Crippen molar-refractivity contribution in [3.63, 3.8) is 0 Å². The summed E-state index contributed by atoms with van der Waals surface area (Å²) in [5, 5.41) is 6.56. The summed E-state index contributed by atoms with van der Waals surface area (Å²) < 4.78 is 14.3. The molecule has 0 saturated carbocycles. The maximum Gasteiger partial charge on any atom is 0.273 e. The maximum atomic E-state index is 13.7. The molecule has 0 bridgehead atoms. The van der Waals surface area contributed by atoms with Crippen LogP contribution in [0.2, 0.25) is 0 Å². The molecule has 0 atom stereocenters. The van der Waals surface area contributed by atoms with E-state index in [0.717, 1.165) is 13.1 Å². The van der Waals surface area contributed by atoms with Gasteiger partial charge < -0.3 is 4.90 Å². The van der Waals surface area contributed by atoms with Crippen LogP contribution in [-0.4, -0.2) is 52.1 Å². The predicted octanol–water partition coefficient (Wildman–Crippen LogP) is 2.27. The van der Waals surface area contributed by atoms with Gasteiger partial charge in [-0.15, -0.1) is 0 Å². The molecule has 0 unspecified atom stereocenters. The lowest BCUT2D eigenvalue weighted by molar-refractivity contribution is 0.0620. The van der Waals surface area contributed by atoms with Crippen LogP contribution in [0.1, 0.15) is 16.1 Å². The zero-order valence-corrected chi connectivity index (χ0v) is 13.5. The first-order chi connectivity index (χ1) is 10.6. The number of H-pyrrole nitrogens is 1. The molecule has 1 N–H and O–H groups in total. The highest BCUT2D eigenvalue weighted by molar-refractivity contribution is 9.10. The lowest BCUT2D eigenvalue weighted by atomic mass is 10.2. The Morgan fingerprint density at radius 3 is 2.64 bits per heavy atom. The van der Waals surface area contributed by atoms with Crippen molar-refractivity contribution >= 4 is 21.8 Å². The van der Waals surface area contributed by atoms with Crippen molar-refractivity contribution in [1.29, 1.82) is 0 Å². The van der Waals surface area contributed by atoms with Crippen LogP contribution in [0.15, 0.2) is 34.9 Å². The van der Waals surface area contributed by atoms with Gasteiger partial charge in [0.15, 0.2) is 0 Å². The molecule has 1 fully saturated rings. The standard InChI is InChI=1S/C15H16BrFN4O/c16-12-9-18-19-14(12)15(22)21-7-5-20(6-8-21)10-11-3-1-2-4-13(11)17/h1-4,9H,5-8,10H2,(H,18,19). The van der Waals surface area contributed by atoms with Gasteiger partial charge in [-0.3, -0.25) is 14.8 Å². The first-order valence-electron chi connectivity index (χ1n) is 7.09. The highest BCUT2D eigenvalue weighted by Crippen LogP contribution is 2.17. The fourth-order valence-electron chi connectivity index (χ4n) is 2.56. The van der Waals surface area contributed by atoms with Crippen LogP contribution in [0.3, 0.4) is 0 Å². The van der Waals surface area contributed by atoms with E-state index in [1.807, 2.05) is 6.07 Å². The SMILES string of the molecule is O=C(c1[nH]ncc1Br)N1CCN(Cc2ccccc2F)CC1. The number of piperazine rings is 1. The molecule has 7 heteroatoms. The van der Waals surface area contributed by atoms with Crippen LogP contribution < -0.4 is 0 Å². The molecule has 1 saturated heterocycles. The summed E-state index contributed by atoms with van der Waals surface area (Å²) in [4.78, 5) is 16.3. The third-order valence-corrected chi connectivity index (χ3v) is 4.42. The number of nitrogens with zero attached hydrogens (tertiary/aromatic N) is 3. The number of nitrogens with one attached hydrogen (secondary N) is 1. The second-order valence-electron chi connectivity index (χ2n) is 5.25. The van der Waals surface area contributed by atoms with Crippen molar-refractivity contribution in [2.75, 3.05) is 26.2 Å². The number of rotatable bonds is 3. The molecular weight excluding hydrogens is 351 g/mol. The first kappa shape index (κ1) is 15.2. The van der Waals surface area contributed by atoms with Crippen LogP contribution in [-0.2, 0) is 6.54 Å². The van der Waals surface area contributed by atoms with E-state index in [1.165, 1.54) is 6.07 Å². The van der Waals surface area contributed by atoms with E-state index in [4.69, 9.17) is 0 Å². The first-order valence-corrected chi connectivity index (χ1v) is 7.88. The van der Waals surface area contributed by atoms with Crippen LogP contribution in [0.25, 0.3) is 0 Å². The maximum absolute atomic E-state index is 13.7. The fourth-order valence-corrected chi connectivity index (χ4v) is 2.92. The van der Waals surface area contributed by atoms with Crippen molar-refractivity contribution in [1.82, 2.24) is 20.0 Å². The molecule has 2 heterocycles. The quantitative estimate of drug-likeness (QED) is 0.906. The number of hydrogen-bond acceptors (Lipinski definition) is 3. The minimum Gasteiger partial charge on any atom is -0.335 e. The number of benzene rings is 1. The lowest BCUT2D eigenvalue weighted by Crippen LogP contribution is -2.48. The Kier molecular flexibility index (Phi) is 4.54. The third-order valence-electron chi connectivity index (χ3n) is 3.82. The van der Waals surface area contributed by atoms with Crippen molar-refractivity contribution in [3.05, 3.63) is 52.0 Å². The van der Waals surface area contributed by atoms with E-state index in [2.05, 4.69) is 31.0 Å². The van der Waals surface area contributed by atoms with Gasteiger partial charge in [0.05, 0.1) is 10.7 Å². The number of halogens is 2. The highest BCUT2D eigenvalue weighted by Gasteiger charge is 2.24. The van der Waals surface area contributed by atoms with Gasteiger partial charge in [0.1, 0.15) is 11.5 Å². The summed E-state index contributed by atoms with van der Waals surface area (Å²) in [5.74, 6) is -0.239. The fraction of sp³-hybridized carbons (Fsp3) is 0.333. The van der Waals surface area contributed by atoms with Crippen molar-refractivity contribution < 1.29 is 9.18 Å². The Labute approximate surface area is 136 Å². The third kappa shape index (κ3) is 3.20. The van der Waals surface area contributed by atoms with Crippen molar-refractivity contribution in [3.8, 4) is 0 Å². The van der Waals surface area contributed by atoms with Gasteiger partial charge in [-0.05, 0) is 22.0 Å². The summed E-state index contributed by atoms with van der Waals surface area (Å²) >= 11 is 3.30. The number of aromatic amines is 1. The molecule has 1 aromatic heterocycles. The van der Waals surface area contributed by atoms with E-state index < -0.39 is 0 Å². The van der Waals surface area contributed by atoms with Crippen LogP contribution in [0, 0.1) is 5.82 Å². The molecule has 1 aliphatic rings. The lowest BCUT2D eigenvalue weighted by Gasteiger charge is -2.34. The van der Waals surface area contributed by atoms with E-state index in [-0.39, 0.29) is 11.7 Å². The highest BCUT2D eigenvalue weighted by atomic mass is 79.9. The Hall–Kier alpha value is -1.73. The Bertz CT molecular complexity index is 667. The van der Waals surface area contributed by atoms with Crippen molar-refractivity contribution in [2.45, 2.75) is 6.54 Å². The second kappa shape index (κ2) is 6.58. The molecule has 0 radical (unpaired) electrons. The number of carbonyl (C=O) groups excluding carboxylic acids is 1. The molecule has 2 aromatic rings. The average Bonchev–Trinajstić information content (AvgIpc) is 2.96.